The van der Waals surface area contributed by atoms with Gasteiger partial charge in [-0.2, -0.15) is 0 Å². The van der Waals surface area contributed by atoms with Crippen LogP contribution in [0.5, 0.6) is 0 Å². The molecule has 0 unspecified atom stereocenters. The standard InChI is InChI=1S/C27H55NO3.C18H36O2/c1-3-5-7-9-11-16-20-26-31-27(30)21-17-13-12-15-19-23-28(24-25-29)22-18-14-10-8-6-4-2;1-3-5-7-9-11-13-15-18(20-17-19)16-14-12-10-8-6-4-2/h29H,3-26H2,1-2H3;17-18H,3-16H2,1-2H3. The lowest BCUT2D eigenvalue weighted by Crippen LogP contribution is -2.29. The lowest BCUT2D eigenvalue weighted by atomic mass is 10.0. The molecule has 306 valence electrons. The summed E-state index contributed by atoms with van der Waals surface area (Å²) >= 11 is 0. The lowest BCUT2D eigenvalue weighted by molar-refractivity contribution is -0.144. The second kappa shape index (κ2) is 46.9. The summed E-state index contributed by atoms with van der Waals surface area (Å²) in [6.07, 6.45) is 40.9. The van der Waals surface area contributed by atoms with Crippen LogP contribution in [-0.2, 0) is 19.1 Å². The lowest BCUT2D eigenvalue weighted by Gasteiger charge is -2.21. The molecule has 0 rings (SSSR count). The molecule has 0 radical (unpaired) electrons. The molecule has 0 aliphatic carbocycles. The molecule has 0 fully saturated rings. The van der Waals surface area contributed by atoms with Gasteiger partial charge in [0.25, 0.3) is 6.47 Å². The fourth-order valence-electron chi connectivity index (χ4n) is 6.71. The van der Waals surface area contributed by atoms with Crippen LogP contribution >= 0.6 is 0 Å². The van der Waals surface area contributed by atoms with Gasteiger partial charge in [-0.15, -0.1) is 0 Å². The van der Waals surface area contributed by atoms with Crippen molar-refractivity contribution in [3.63, 3.8) is 0 Å². The van der Waals surface area contributed by atoms with Crippen molar-refractivity contribution in [2.75, 3.05) is 32.8 Å². The molecule has 0 spiro atoms. The fraction of sp³-hybridized carbons (Fsp3) is 0.956. The topological polar surface area (TPSA) is 76.1 Å². The van der Waals surface area contributed by atoms with Gasteiger partial charge >= 0.3 is 5.97 Å². The Labute approximate surface area is 319 Å². The van der Waals surface area contributed by atoms with E-state index in [1.54, 1.807) is 0 Å². The summed E-state index contributed by atoms with van der Waals surface area (Å²) in [4.78, 5) is 24.8. The Morgan fingerprint density at radius 3 is 1.29 bits per heavy atom. The number of aliphatic hydroxyl groups is 1. The number of carbonyl (C=O) groups excluding carboxylic acids is 2. The minimum Gasteiger partial charge on any atom is -0.466 e. The van der Waals surface area contributed by atoms with Crippen LogP contribution in [0.3, 0.4) is 0 Å². The molecule has 0 bridgehead atoms. The second-order valence-electron chi connectivity index (χ2n) is 15.2. The van der Waals surface area contributed by atoms with Crippen molar-refractivity contribution in [1.29, 1.82) is 0 Å². The van der Waals surface area contributed by atoms with Crippen LogP contribution in [0.2, 0.25) is 0 Å². The number of hydrogen-bond acceptors (Lipinski definition) is 6. The van der Waals surface area contributed by atoms with Crippen molar-refractivity contribution in [3.8, 4) is 0 Å². The third-order valence-electron chi connectivity index (χ3n) is 10.1. The van der Waals surface area contributed by atoms with Crippen LogP contribution in [0, 0.1) is 0 Å². The minimum absolute atomic E-state index is 0.0148. The van der Waals surface area contributed by atoms with Gasteiger partial charge in [-0.1, -0.05) is 182 Å². The van der Waals surface area contributed by atoms with Crippen molar-refractivity contribution in [2.24, 2.45) is 0 Å². The summed E-state index contributed by atoms with van der Waals surface area (Å²) in [7, 11) is 0. The number of nitrogens with zero attached hydrogens (tertiary/aromatic N) is 1. The van der Waals surface area contributed by atoms with E-state index >= 15 is 0 Å². The molecular weight excluding hydrogens is 634 g/mol. The van der Waals surface area contributed by atoms with Gasteiger partial charge in [-0.25, -0.2) is 0 Å². The molecule has 0 aromatic rings. The number of ether oxygens (including phenoxy) is 2. The molecule has 0 aromatic heterocycles. The Kier molecular flexibility index (Phi) is 47.8. The Bertz CT molecular complexity index is 645. The predicted octanol–water partition coefficient (Wildman–Crippen LogP) is 13.3. The normalized spacial score (nSPS) is 11.2. The first kappa shape index (κ1) is 52.0. The first-order chi connectivity index (χ1) is 25.1. The highest BCUT2D eigenvalue weighted by Gasteiger charge is 2.09. The molecule has 0 aromatic carbocycles. The van der Waals surface area contributed by atoms with Gasteiger partial charge in [0.2, 0.25) is 0 Å². The summed E-state index contributed by atoms with van der Waals surface area (Å²) in [5.41, 5.74) is 0. The fourth-order valence-corrected chi connectivity index (χ4v) is 6.71. The molecule has 51 heavy (non-hydrogen) atoms. The zero-order chi connectivity index (χ0) is 37.7. The molecule has 0 atom stereocenters. The quantitative estimate of drug-likeness (QED) is 0.0384. The number of carbonyl (C=O) groups is 2. The molecule has 0 aliphatic rings. The van der Waals surface area contributed by atoms with Gasteiger partial charge in [0.05, 0.1) is 13.2 Å². The number of unbranched alkanes of at least 4 members (excludes halogenated alkanes) is 25. The highest BCUT2D eigenvalue weighted by atomic mass is 16.5. The molecular formula is C45H91NO5. The van der Waals surface area contributed by atoms with E-state index in [0.717, 1.165) is 51.7 Å². The number of rotatable bonds is 41. The van der Waals surface area contributed by atoms with Crippen LogP contribution in [-0.4, -0.2) is 61.4 Å². The van der Waals surface area contributed by atoms with Gasteiger partial charge < -0.3 is 19.5 Å². The van der Waals surface area contributed by atoms with Gasteiger partial charge in [0, 0.05) is 13.0 Å². The average Bonchev–Trinajstić information content (AvgIpc) is 3.13. The molecule has 6 nitrogen and oxygen atoms in total. The van der Waals surface area contributed by atoms with Crippen LogP contribution < -0.4 is 0 Å². The van der Waals surface area contributed by atoms with Crippen molar-refractivity contribution in [2.45, 2.75) is 246 Å². The van der Waals surface area contributed by atoms with Crippen LogP contribution in [0.25, 0.3) is 0 Å². The largest absolute Gasteiger partial charge is 0.466 e. The van der Waals surface area contributed by atoms with Crippen LogP contribution in [0.4, 0.5) is 0 Å². The Morgan fingerprint density at radius 1 is 0.510 bits per heavy atom. The van der Waals surface area contributed by atoms with Crippen molar-refractivity contribution < 1.29 is 24.2 Å². The molecule has 0 saturated carbocycles. The summed E-state index contributed by atoms with van der Waals surface area (Å²) in [6.45, 7) is 13.5. The van der Waals surface area contributed by atoms with Crippen LogP contribution in [0.15, 0.2) is 0 Å². The number of esters is 1. The summed E-state index contributed by atoms with van der Waals surface area (Å²) in [5.74, 6) is -0.0148. The zero-order valence-corrected chi connectivity index (χ0v) is 35.1. The summed E-state index contributed by atoms with van der Waals surface area (Å²) in [6, 6.07) is 0. The second-order valence-corrected chi connectivity index (χ2v) is 15.2. The van der Waals surface area contributed by atoms with Gasteiger partial charge in [0.15, 0.2) is 0 Å². The van der Waals surface area contributed by atoms with Gasteiger partial charge in [-0.3, -0.25) is 9.59 Å². The Hall–Kier alpha value is -1.14. The molecule has 6 heteroatoms. The average molecular weight is 726 g/mol. The number of aliphatic hydroxyl groups excluding tert-OH is 1. The molecule has 0 aliphatic heterocycles. The van der Waals surface area contributed by atoms with Gasteiger partial charge in [0.1, 0.15) is 6.10 Å². The highest BCUT2D eigenvalue weighted by molar-refractivity contribution is 5.69. The minimum atomic E-state index is -0.0148. The highest BCUT2D eigenvalue weighted by Crippen LogP contribution is 2.16. The third kappa shape index (κ3) is 44.9. The van der Waals surface area contributed by atoms with E-state index in [0.29, 0.717) is 19.5 Å². The van der Waals surface area contributed by atoms with E-state index in [9.17, 15) is 14.7 Å². The molecule has 0 heterocycles. The maximum absolute atomic E-state index is 11.8. The zero-order valence-electron chi connectivity index (χ0n) is 35.1. The third-order valence-corrected chi connectivity index (χ3v) is 10.1. The van der Waals surface area contributed by atoms with E-state index in [1.165, 1.54) is 173 Å². The first-order valence-electron chi connectivity index (χ1n) is 22.7. The first-order valence-corrected chi connectivity index (χ1v) is 22.7. The van der Waals surface area contributed by atoms with Gasteiger partial charge in [-0.05, 0) is 64.5 Å². The van der Waals surface area contributed by atoms with Crippen molar-refractivity contribution in [1.82, 2.24) is 4.90 Å². The van der Waals surface area contributed by atoms with E-state index in [2.05, 4.69) is 32.6 Å². The summed E-state index contributed by atoms with van der Waals surface area (Å²) < 4.78 is 10.6. The molecule has 1 N–H and O–H groups in total. The smallest absolute Gasteiger partial charge is 0.305 e. The molecule has 0 amide bonds. The van der Waals surface area contributed by atoms with Crippen molar-refractivity contribution >= 4 is 12.4 Å². The van der Waals surface area contributed by atoms with E-state index < -0.39 is 0 Å². The summed E-state index contributed by atoms with van der Waals surface area (Å²) in [5, 5.41) is 9.28. The van der Waals surface area contributed by atoms with E-state index in [-0.39, 0.29) is 18.7 Å². The predicted molar refractivity (Wildman–Crippen MR) is 220 cm³/mol. The maximum atomic E-state index is 11.8. The SMILES string of the molecule is CCCCCCCCC(CCCCCCCC)OC=O.CCCCCCCCCOC(=O)CCCCCCCN(CCO)CCCCCCCC. The Balaban J connectivity index is 0. The molecule has 0 saturated heterocycles. The van der Waals surface area contributed by atoms with Crippen molar-refractivity contribution in [3.05, 3.63) is 0 Å². The Morgan fingerprint density at radius 2 is 0.882 bits per heavy atom. The monoisotopic (exact) mass is 726 g/mol. The van der Waals surface area contributed by atoms with E-state index in [1.807, 2.05) is 0 Å². The van der Waals surface area contributed by atoms with Crippen LogP contribution in [0.1, 0.15) is 240 Å². The van der Waals surface area contributed by atoms with E-state index in [4.69, 9.17) is 9.47 Å². The number of hydrogen-bond donors (Lipinski definition) is 1. The maximum Gasteiger partial charge on any atom is 0.305 e.